The molecule has 0 saturated carbocycles. The quantitative estimate of drug-likeness (QED) is 0.423. The molecular formula is C21H32. The van der Waals surface area contributed by atoms with Crippen LogP contribution in [0.15, 0.2) is 71.4 Å². The second-order valence-corrected chi connectivity index (χ2v) is 6.08. The van der Waals surface area contributed by atoms with Crippen LogP contribution in [-0.2, 0) is 0 Å². The molecule has 0 nitrogen and oxygen atoms in total. The maximum Gasteiger partial charge on any atom is -0.0197 e. The molecule has 0 aromatic carbocycles. The van der Waals surface area contributed by atoms with Gasteiger partial charge < -0.3 is 0 Å². The largest absolute Gasteiger partial charge is 0.0961 e. The number of allylic oxidation sites excluding steroid dienone is 10. The summed E-state index contributed by atoms with van der Waals surface area (Å²) in [5.41, 5.74) is 6.24. The Labute approximate surface area is 132 Å². The molecule has 0 amide bonds. The van der Waals surface area contributed by atoms with Crippen LogP contribution in [0.25, 0.3) is 0 Å². The van der Waals surface area contributed by atoms with Crippen LogP contribution in [0.1, 0.15) is 54.4 Å². The molecule has 0 aliphatic heterocycles. The molecule has 0 bridgehead atoms. The van der Waals surface area contributed by atoms with Gasteiger partial charge in [0.2, 0.25) is 0 Å². The van der Waals surface area contributed by atoms with Crippen molar-refractivity contribution < 1.29 is 0 Å². The molecule has 0 N–H and O–H groups in total. The van der Waals surface area contributed by atoms with Crippen LogP contribution in [-0.4, -0.2) is 0 Å². The highest BCUT2D eigenvalue weighted by molar-refractivity contribution is 5.39. The minimum Gasteiger partial charge on any atom is -0.0961 e. The van der Waals surface area contributed by atoms with Crippen molar-refractivity contribution in [1.29, 1.82) is 0 Å². The van der Waals surface area contributed by atoms with Gasteiger partial charge in [-0.3, -0.25) is 0 Å². The first-order valence-corrected chi connectivity index (χ1v) is 7.81. The normalized spacial score (nSPS) is 14.2. The van der Waals surface area contributed by atoms with E-state index in [0.29, 0.717) is 5.92 Å². The van der Waals surface area contributed by atoms with Gasteiger partial charge in [-0.15, -0.1) is 0 Å². The van der Waals surface area contributed by atoms with Crippen molar-refractivity contribution >= 4 is 0 Å². The average molecular weight is 284 g/mol. The van der Waals surface area contributed by atoms with Gasteiger partial charge in [-0.05, 0) is 57.6 Å². The minimum atomic E-state index is 0.556. The van der Waals surface area contributed by atoms with E-state index < -0.39 is 0 Å². The van der Waals surface area contributed by atoms with Crippen LogP contribution in [0, 0.1) is 5.92 Å². The van der Waals surface area contributed by atoms with E-state index in [9.17, 15) is 0 Å². The van der Waals surface area contributed by atoms with Crippen LogP contribution < -0.4 is 0 Å². The highest BCUT2D eigenvalue weighted by atomic mass is 14.1. The van der Waals surface area contributed by atoms with Crippen molar-refractivity contribution in [3.8, 4) is 0 Å². The second kappa shape index (κ2) is 10.2. The molecule has 1 unspecified atom stereocenters. The molecule has 0 aromatic rings. The summed E-state index contributed by atoms with van der Waals surface area (Å²) in [5, 5.41) is 0. The standard InChI is InChI=1S/C21H32/c1-9-21(20(8)13-11-17(4)5)15-14-19(7)18(6)12-10-16(2)3/h10-13,15,19H,4,8-9,14H2,1-3,5-7H3/b13-11-,18-12+,21-15+. The fourth-order valence-electron chi connectivity index (χ4n) is 1.82. The van der Waals surface area contributed by atoms with Crippen LogP contribution in [0.5, 0.6) is 0 Å². The van der Waals surface area contributed by atoms with Crippen LogP contribution >= 0.6 is 0 Å². The molecule has 0 radical (unpaired) electrons. The molecule has 116 valence electrons. The third-order valence-corrected chi connectivity index (χ3v) is 3.54. The molecule has 0 heteroatoms. The van der Waals surface area contributed by atoms with Gasteiger partial charge in [0.25, 0.3) is 0 Å². The average Bonchev–Trinajstić information content (AvgIpc) is 2.42. The molecule has 0 aliphatic carbocycles. The third-order valence-electron chi connectivity index (χ3n) is 3.54. The molecular weight excluding hydrogens is 252 g/mol. The van der Waals surface area contributed by atoms with E-state index in [0.717, 1.165) is 24.0 Å². The first-order valence-electron chi connectivity index (χ1n) is 7.81. The molecule has 0 aromatic heterocycles. The summed E-state index contributed by atoms with van der Waals surface area (Å²) in [7, 11) is 0. The van der Waals surface area contributed by atoms with Crippen LogP contribution in [0.2, 0.25) is 0 Å². The Hall–Kier alpha value is -1.56. The lowest BCUT2D eigenvalue weighted by Gasteiger charge is -2.11. The number of hydrogen-bond acceptors (Lipinski definition) is 0. The minimum absolute atomic E-state index is 0.556. The van der Waals surface area contributed by atoms with Crippen molar-refractivity contribution in [3.05, 3.63) is 71.4 Å². The summed E-state index contributed by atoms with van der Waals surface area (Å²) in [6.07, 6.45) is 12.9. The van der Waals surface area contributed by atoms with Gasteiger partial charge in [-0.2, -0.15) is 0 Å². The third kappa shape index (κ3) is 9.07. The highest BCUT2D eigenvalue weighted by Gasteiger charge is 2.03. The molecule has 0 fully saturated rings. The van der Waals surface area contributed by atoms with Crippen LogP contribution in [0.4, 0.5) is 0 Å². The first kappa shape index (κ1) is 19.4. The van der Waals surface area contributed by atoms with Crippen molar-refractivity contribution in [3.63, 3.8) is 0 Å². The molecule has 21 heavy (non-hydrogen) atoms. The zero-order valence-electron chi connectivity index (χ0n) is 14.8. The van der Waals surface area contributed by atoms with Gasteiger partial charge in [0.05, 0.1) is 0 Å². The Bertz CT molecular complexity index is 474. The summed E-state index contributed by atoms with van der Waals surface area (Å²) < 4.78 is 0. The smallest absolute Gasteiger partial charge is 0.0197 e. The van der Waals surface area contributed by atoms with E-state index in [2.05, 4.69) is 72.1 Å². The van der Waals surface area contributed by atoms with Gasteiger partial charge in [0, 0.05) is 0 Å². The number of rotatable bonds is 8. The monoisotopic (exact) mass is 284 g/mol. The van der Waals surface area contributed by atoms with Crippen molar-refractivity contribution in [2.24, 2.45) is 5.92 Å². The lowest BCUT2D eigenvalue weighted by molar-refractivity contribution is 0.691. The maximum absolute atomic E-state index is 4.16. The van der Waals surface area contributed by atoms with Crippen molar-refractivity contribution in [2.75, 3.05) is 0 Å². The maximum atomic E-state index is 4.16. The van der Waals surface area contributed by atoms with E-state index in [1.54, 1.807) is 0 Å². The van der Waals surface area contributed by atoms with Gasteiger partial charge in [-0.1, -0.05) is 74.1 Å². The van der Waals surface area contributed by atoms with E-state index in [-0.39, 0.29) is 0 Å². The Morgan fingerprint density at radius 2 is 1.62 bits per heavy atom. The fourth-order valence-corrected chi connectivity index (χ4v) is 1.82. The molecule has 0 heterocycles. The van der Waals surface area contributed by atoms with Crippen molar-refractivity contribution in [1.82, 2.24) is 0 Å². The summed E-state index contributed by atoms with van der Waals surface area (Å²) in [6, 6.07) is 0. The van der Waals surface area contributed by atoms with Gasteiger partial charge in [-0.25, -0.2) is 0 Å². The lowest BCUT2D eigenvalue weighted by atomic mass is 9.94. The Morgan fingerprint density at radius 1 is 1.00 bits per heavy atom. The topological polar surface area (TPSA) is 0 Å². The van der Waals surface area contributed by atoms with Gasteiger partial charge >= 0.3 is 0 Å². The second-order valence-electron chi connectivity index (χ2n) is 6.08. The molecule has 1 atom stereocenters. The van der Waals surface area contributed by atoms with Gasteiger partial charge in [0.15, 0.2) is 0 Å². The molecule has 0 spiro atoms. The van der Waals surface area contributed by atoms with E-state index in [1.807, 2.05) is 13.0 Å². The first-order chi connectivity index (χ1) is 9.77. The summed E-state index contributed by atoms with van der Waals surface area (Å²) in [4.78, 5) is 0. The summed E-state index contributed by atoms with van der Waals surface area (Å²) >= 11 is 0. The van der Waals surface area contributed by atoms with Gasteiger partial charge in [0.1, 0.15) is 0 Å². The summed E-state index contributed by atoms with van der Waals surface area (Å²) in [6.45, 7) is 21.0. The number of hydrogen-bond donors (Lipinski definition) is 0. The predicted molar refractivity (Wildman–Crippen MR) is 98.4 cm³/mol. The Kier molecular flexibility index (Phi) is 9.45. The zero-order valence-corrected chi connectivity index (χ0v) is 14.8. The molecule has 0 aliphatic rings. The molecule has 0 saturated heterocycles. The fraction of sp³-hybridized carbons (Fsp3) is 0.429. The lowest BCUT2D eigenvalue weighted by Crippen LogP contribution is -1.96. The van der Waals surface area contributed by atoms with E-state index in [4.69, 9.17) is 0 Å². The van der Waals surface area contributed by atoms with Crippen molar-refractivity contribution in [2.45, 2.75) is 54.4 Å². The van der Waals surface area contributed by atoms with E-state index in [1.165, 1.54) is 16.7 Å². The Morgan fingerprint density at radius 3 is 2.10 bits per heavy atom. The predicted octanol–water partition coefficient (Wildman–Crippen LogP) is 6.95. The SMILES string of the molecule is C=C(C)/C=C\C(=C)/C(=C/CC(C)/C(C)=C/C=C(C)C)CC. The Balaban J connectivity index is 4.81. The van der Waals surface area contributed by atoms with Crippen LogP contribution in [0.3, 0.4) is 0 Å². The highest BCUT2D eigenvalue weighted by Crippen LogP contribution is 2.20. The summed E-state index contributed by atoms with van der Waals surface area (Å²) in [5.74, 6) is 0.556. The van der Waals surface area contributed by atoms with E-state index >= 15 is 0 Å². The zero-order chi connectivity index (χ0) is 16.4. The molecule has 0 rings (SSSR count).